The average Bonchev–Trinajstić information content (AvgIpc) is 1.99. The molecular formula is C10H20O5. The first-order valence-corrected chi connectivity index (χ1v) is 4.91. The van der Waals surface area contributed by atoms with Crippen LogP contribution in [0.2, 0.25) is 0 Å². The van der Waals surface area contributed by atoms with Crippen LogP contribution in [0.25, 0.3) is 0 Å². The van der Waals surface area contributed by atoms with Crippen LogP contribution in [-0.2, 0) is 14.5 Å². The van der Waals surface area contributed by atoms with Crippen LogP contribution in [0.5, 0.6) is 0 Å². The molecule has 1 atom stereocenters. The van der Waals surface area contributed by atoms with Gasteiger partial charge in [0, 0.05) is 5.41 Å². The third-order valence-corrected chi connectivity index (χ3v) is 1.47. The summed E-state index contributed by atoms with van der Waals surface area (Å²) in [7, 11) is 0. The van der Waals surface area contributed by atoms with Crippen LogP contribution in [0, 0.1) is 11.3 Å². The predicted molar refractivity (Wildman–Crippen MR) is 54.2 cm³/mol. The lowest BCUT2D eigenvalue weighted by atomic mass is 9.96. The van der Waals surface area contributed by atoms with E-state index in [-0.39, 0.29) is 0 Å². The van der Waals surface area contributed by atoms with Gasteiger partial charge in [-0.3, -0.25) is 0 Å². The molecule has 1 unspecified atom stereocenters. The number of hydrogen-bond donors (Lipinski definition) is 1. The van der Waals surface area contributed by atoms with Gasteiger partial charge in [0.15, 0.2) is 0 Å². The van der Waals surface area contributed by atoms with Crippen LogP contribution in [0.1, 0.15) is 34.6 Å². The van der Waals surface area contributed by atoms with Crippen molar-refractivity contribution in [2.75, 3.05) is 6.61 Å². The van der Waals surface area contributed by atoms with Gasteiger partial charge in [-0.2, -0.15) is 4.89 Å². The summed E-state index contributed by atoms with van der Waals surface area (Å²) in [4.78, 5) is 20.2. The first-order valence-electron chi connectivity index (χ1n) is 4.91. The Balaban J connectivity index is 4.09. The molecule has 0 aromatic rings. The maximum absolute atomic E-state index is 10.4. The van der Waals surface area contributed by atoms with E-state index in [0.29, 0.717) is 12.5 Å². The van der Waals surface area contributed by atoms with E-state index >= 15 is 0 Å². The van der Waals surface area contributed by atoms with E-state index in [9.17, 15) is 4.79 Å². The minimum atomic E-state index is -1.37. The van der Waals surface area contributed by atoms with Crippen molar-refractivity contribution in [2.45, 2.75) is 40.9 Å². The molecule has 90 valence electrons. The number of ether oxygens (including phenoxy) is 1. The van der Waals surface area contributed by atoms with Gasteiger partial charge in [0.05, 0.1) is 6.61 Å². The van der Waals surface area contributed by atoms with E-state index in [2.05, 4.69) is 4.74 Å². The van der Waals surface area contributed by atoms with Gasteiger partial charge < -0.3 is 9.84 Å². The van der Waals surface area contributed by atoms with Gasteiger partial charge in [0.2, 0.25) is 6.29 Å². The fourth-order valence-electron chi connectivity index (χ4n) is 0.669. The molecule has 0 saturated carbocycles. The molecule has 0 aliphatic rings. The molecule has 0 aromatic heterocycles. The highest BCUT2D eigenvalue weighted by Gasteiger charge is 2.30. The quantitative estimate of drug-likeness (QED) is 0.334. The number of carbonyl (C=O) groups is 1. The summed E-state index contributed by atoms with van der Waals surface area (Å²) < 4.78 is 4.57. The number of rotatable bonds is 5. The average molecular weight is 220 g/mol. The summed E-state index contributed by atoms with van der Waals surface area (Å²) in [5.41, 5.74) is -0.463. The maximum atomic E-state index is 10.4. The van der Waals surface area contributed by atoms with Crippen molar-refractivity contribution >= 4 is 6.16 Å². The van der Waals surface area contributed by atoms with Crippen molar-refractivity contribution in [2.24, 2.45) is 11.3 Å². The van der Waals surface area contributed by atoms with Crippen molar-refractivity contribution in [3.05, 3.63) is 0 Å². The summed E-state index contributed by atoms with van der Waals surface area (Å²) in [6, 6.07) is 0. The Morgan fingerprint density at radius 1 is 1.33 bits per heavy atom. The zero-order chi connectivity index (χ0) is 12.1. The zero-order valence-corrected chi connectivity index (χ0v) is 9.94. The van der Waals surface area contributed by atoms with Gasteiger partial charge in [-0.15, -0.1) is 0 Å². The molecule has 0 radical (unpaired) electrons. The Bertz CT molecular complexity index is 194. The fourth-order valence-corrected chi connectivity index (χ4v) is 0.669. The fraction of sp³-hybridized carbons (Fsp3) is 0.900. The van der Waals surface area contributed by atoms with Crippen LogP contribution in [0.15, 0.2) is 0 Å². The third kappa shape index (κ3) is 7.16. The molecule has 15 heavy (non-hydrogen) atoms. The van der Waals surface area contributed by atoms with E-state index in [1.54, 1.807) is 20.8 Å². The molecule has 0 spiro atoms. The summed E-state index contributed by atoms with van der Waals surface area (Å²) >= 11 is 0. The lowest BCUT2D eigenvalue weighted by Gasteiger charge is -2.27. The van der Waals surface area contributed by atoms with Crippen LogP contribution in [-0.4, -0.2) is 24.2 Å². The molecule has 0 fully saturated rings. The standard InChI is InChI=1S/C10H20O5/c1-7(2)6-13-15-8(10(3,4)5)14-9(11)12/h7-8H,6H2,1-5H3,(H,11,12). The van der Waals surface area contributed by atoms with E-state index in [4.69, 9.17) is 14.9 Å². The molecule has 0 heterocycles. The SMILES string of the molecule is CC(C)COOC(OC(=O)O)C(C)(C)C. The molecule has 0 aliphatic heterocycles. The third-order valence-electron chi connectivity index (χ3n) is 1.47. The second-order valence-electron chi connectivity index (χ2n) is 4.86. The zero-order valence-electron chi connectivity index (χ0n) is 9.94. The van der Waals surface area contributed by atoms with Gasteiger partial charge in [0.25, 0.3) is 0 Å². The smallest absolute Gasteiger partial charge is 0.450 e. The van der Waals surface area contributed by atoms with Gasteiger partial charge in [-0.1, -0.05) is 34.6 Å². The summed E-state index contributed by atoms with van der Waals surface area (Å²) in [5, 5.41) is 8.50. The molecule has 5 heteroatoms. The largest absolute Gasteiger partial charge is 0.508 e. The van der Waals surface area contributed by atoms with Crippen molar-refractivity contribution in [1.82, 2.24) is 0 Å². The molecule has 1 N–H and O–H groups in total. The molecule has 0 aliphatic carbocycles. The first-order chi connectivity index (χ1) is 6.73. The molecule has 0 aromatic carbocycles. The Hall–Kier alpha value is -0.810. The van der Waals surface area contributed by atoms with Crippen LogP contribution >= 0.6 is 0 Å². The van der Waals surface area contributed by atoms with Crippen LogP contribution < -0.4 is 0 Å². The van der Waals surface area contributed by atoms with E-state index in [0.717, 1.165) is 0 Å². The lowest BCUT2D eigenvalue weighted by molar-refractivity contribution is -0.392. The monoisotopic (exact) mass is 220 g/mol. The minimum Gasteiger partial charge on any atom is -0.450 e. The van der Waals surface area contributed by atoms with Crippen LogP contribution in [0.3, 0.4) is 0 Å². The normalized spacial score (nSPS) is 14.0. The Morgan fingerprint density at radius 2 is 1.87 bits per heavy atom. The van der Waals surface area contributed by atoms with Crippen molar-refractivity contribution in [3.8, 4) is 0 Å². The molecule has 0 saturated heterocycles. The second kappa shape index (κ2) is 5.92. The Labute approximate surface area is 90.2 Å². The predicted octanol–water partition coefficient (Wildman–Crippen LogP) is 2.66. The highest BCUT2D eigenvalue weighted by Crippen LogP contribution is 2.23. The number of carboxylic acid groups (broad SMARTS) is 1. The van der Waals surface area contributed by atoms with E-state index in [1.165, 1.54) is 0 Å². The van der Waals surface area contributed by atoms with Crippen molar-refractivity contribution < 1.29 is 24.4 Å². The first kappa shape index (κ1) is 14.2. The number of hydrogen-bond acceptors (Lipinski definition) is 4. The van der Waals surface area contributed by atoms with Gasteiger partial charge in [-0.05, 0) is 5.92 Å². The van der Waals surface area contributed by atoms with Gasteiger partial charge in [0.1, 0.15) is 0 Å². The van der Waals surface area contributed by atoms with E-state index in [1.807, 2.05) is 13.8 Å². The molecule has 0 bridgehead atoms. The Morgan fingerprint density at radius 3 is 2.20 bits per heavy atom. The highest BCUT2D eigenvalue weighted by molar-refractivity contribution is 5.56. The molecule has 5 nitrogen and oxygen atoms in total. The summed E-state index contributed by atoms with van der Waals surface area (Å²) in [5.74, 6) is 0.315. The van der Waals surface area contributed by atoms with Crippen LogP contribution in [0.4, 0.5) is 4.79 Å². The van der Waals surface area contributed by atoms with Crippen molar-refractivity contribution in [3.63, 3.8) is 0 Å². The maximum Gasteiger partial charge on any atom is 0.508 e. The van der Waals surface area contributed by atoms with Gasteiger partial charge in [-0.25, -0.2) is 9.68 Å². The van der Waals surface area contributed by atoms with Crippen molar-refractivity contribution in [1.29, 1.82) is 0 Å². The van der Waals surface area contributed by atoms with E-state index < -0.39 is 17.9 Å². The summed E-state index contributed by atoms with van der Waals surface area (Å²) in [6.07, 6.45) is -2.29. The highest BCUT2D eigenvalue weighted by atomic mass is 17.2. The molecule has 0 amide bonds. The second-order valence-corrected chi connectivity index (χ2v) is 4.86. The topological polar surface area (TPSA) is 65.0 Å². The summed E-state index contributed by atoms with van der Waals surface area (Å²) in [6.45, 7) is 9.74. The van der Waals surface area contributed by atoms with Gasteiger partial charge >= 0.3 is 6.16 Å². The lowest BCUT2D eigenvalue weighted by Crippen LogP contribution is -2.34. The minimum absolute atomic E-state index is 0.315. The Kier molecular flexibility index (Phi) is 5.60. The molecular weight excluding hydrogens is 200 g/mol. The molecule has 0 rings (SSSR count).